The molecule has 0 radical (unpaired) electrons. The van der Waals surface area contributed by atoms with Crippen LogP contribution in [0.1, 0.15) is 5.56 Å². The number of hydrogen-bond donors (Lipinski definition) is 0. The smallest absolute Gasteiger partial charge is 0.273 e. The van der Waals surface area contributed by atoms with Crippen LogP contribution in [0.4, 0.5) is 21.5 Å². The van der Waals surface area contributed by atoms with Crippen LogP contribution in [0.5, 0.6) is 5.75 Å². The summed E-state index contributed by atoms with van der Waals surface area (Å²) in [5.41, 5.74) is 1.04. The Kier molecular flexibility index (Phi) is 7.81. The lowest BCUT2D eigenvalue weighted by atomic mass is 10.2. The monoisotopic (exact) mass is 542 g/mol. The Morgan fingerprint density at radius 3 is 2.24 bits per heavy atom. The van der Waals surface area contributed by atoms with E-state index >= 15 is 0 Å². The molecule has 0 aliphatic carbocycles. The highest BCUT2D eigenvalue weighted by Crippen LogP contribution is 2.29. The number of nitro benzene ring substituents is 1. The maximum absolute atomic E-state index is 13.7. The molecule has 0 bridgehead atoms. The summed E-state index contributed by atoms with van der Waals surface area (Å²) in [7, 11) is -2.87. The maximum Gasteiger partial charge on any atom is 0.273 e. The number of rotatable bonds is 8. The molecule has 3 aromatic rings. The largest absolute Gasteiger partial charge is 0.497 e. The molecule has 0 saturated carbocycles. The molecule has 0 spiro atoms. The molecule has 1 heterocycles. The number of anilines is 2. The third kappa shape index (κ3) is 5.70. The Balaban J connectivity index is 1.58. The van der Waals surface area contributed by atoms with Crippen molar-refractivity contribution in [1.82, 2.24) is 4.90 Å². The summed E-state index contributed by atoms with van der Waals surface area (Å²) >= 11 is 0. The Hall–Kier alpha value is -4.19. The summed E-state index contributed by atoms with van der Waals surface area (Å²) in [6.45, 7) is 2.72. The summed E-state index contributed by atoms with van der Waals surface area (Å²) in [5.74, 6) is -0.244. The second-order valence-electron chi connectivity index (χ2n) is 8.76. The van der Waals surface area contributed by atoms with Crippen LogP contribution in [0.15, 0.2) is 71.6 Å². The van der Waals surface area contributed by atoms with Crippen LogP contribution in [0, 0.1) is 22.9 Å². The highest BCUT2D eigenvalue weighted by atomic mass is 32.2. The number of piperazine rings is 1. The first-order chi connectivity index (χ1) is 18.1. The van der Waals surface area contributed by atoms with Crippen LogP contribution in [0.25, 0.3) is 0 Å². The number of benzene rings is 3. The highest BCUT2D eigenvalue weighted by Gasteiger charge is 2.31. The van der Waals surface area contributed by atoms with E-state index in [-0.39, 0.29) is 22.1 Å². The van der Waals surface area contributed by atoms with E-state index in [9.17, 15) is 27.7 Å². The van der Waals surface area contributed by atoms with Crippen LogP contribution in [-0.4, -0.2) is 64.0 Å². The van der Waals surface area contributed by atoms with Gasteiger partial charge < -0.3 is 14.5 Å². The molecular formula is C26H27FN4O6S. The van der Waals surface area contributed by atoms with Gasteiger partial charge in [0.25, 0.3) is 15.7 Å². The molecule has 1 aliphatic heterocycles. The first-order valence-electron chi connectivity index (χ1n) is 11.8. The molecule has 200 valence electrons. The third-order valence-corrected chi connectivity index (χ3v) is 8.20. The number of ether oxygens (including phenoxy) is 1. The van der Waals surface area contributed by atoms with Gasteiger partial charge in [-0.05, 0) is 61.5 Å². The van der Waals surface area contributed by atoms with Crippen LogP contribution in [0.3, 0.4) is 0 Å². The van der Waals surface area contributed by atoms with E-state index in [2.05, 4.69) is 0 Å². The van der Waals surface area contributed by atoms with Gasteiger partial charge in [-0.3, -0.25) is 19.2 Å². The van der Waals surface area contributed by atoms with Crippen molar-refractivity contribution in [3.05, 3.63) is 88.2 Å². The summed E-state index contributed by atoms with van der Waals surface area (Å²) in [6.07, 6.45) is 0. The average Bonchev–Trinajstić information content (AvgIpc) is 2.92. The Bertz CT molecular complexity index is 1420. The number of sulfonamides is 1. The molecule has 4 rings (SSSR count). The van der Waals surface area contributed by atoms with Crippen LogP contribution in [0.2, 0.25) is 0 Å². The van der Waals surface area contributed by atoms with E-state index < -0.39 is 27.4 Å². The third-order valence-electron chi connectivity index (χ3n) is 6.43. The lowest BCUT2D eigenvalue weighted by Crippen LogP contribution is -2.52. The van der Waals surface area contributed by atoms with Crippen molar-refractivity contribution in [2.24, 2.45) is 0 Å². The minimum atomic E-state index is -4.34. The van der Waals surface area contributed by atoms with E-state index in [4.69, 9.17) is 4.74 Å². The number of amides is 1. The normalized spacial score (nSPS) is 13.8. The van der Waals surface area contributed by atoms with Crippen LogP contribution >= 0.6 is 0 Å². The van der Waals surface area contributed by atoms with Gasteiger partial charge in [-0.15, -0.1) is 0 Å². The number of nitrogens with zero attached hydrogens (tertiary/aromatic N) is 4. The van der Waals surface area contributed by atoms with Crippen molar-refractivity contribution >= 4 is 33.0 Å². The Labute approximate surface area is 220 Å². The van der Waals surface area contributed by atoms with E-state index in [0.717, 1.165) is 16.1 Å². The van der Waals surface area contributed by atoms with E-state index in [1.807, 2.05) is 4.90 Å². The topological polar surface area (TPSA) is 113 Å². The zero-order valence-corrected chi connectivity index (χ0v) is 21.7. The quantitative estimate of drug-likeness (QED) is 0.316. The van der Waals surface area contributed by atoms with E-state index in [0.29, 0.717) is 37.5 Å². The second kappa shape index (κ2) is 11.1. The fraction of sp³-hybridized carbons (Fsp3) is 0.269. The van der Waals surface area contributed by atoms with Gasteiger partial charge in [-0.2, -0.15) is 0 Å². The molecule has 0 aromatic heterocycles. The molecule has 1 amide bonds. The summed E-state index contributed by atoms with van der Waals surface area (Å²) < 4.78 is 46.8. The standard InChI is InChI=1S/C26H27FN4O6S/c1-19-3-12-24(17-25(19)31(33)34)38(35,36)30(22-8-10-23(37-2)11-9-22)18-26(32)29-15-13-28(14-16-29)21-6-4-20(27)5-7-21/h3-12,17H,13-16,18H2,1-2H3. The van der Waals surface area contributed by atoms with Gasteiger partial charge in [0.05, 0.1) is 22.6 Å². The summed E-state index contributed by atoms with van der Waals surface area (Å²) in [4.78, 5) is 27.4. The first-order valence-corrected chi connectivity index (χ1v) is 13.2. The Morgan fingerprint density at radius 1 is 1.03 bits per heavy atom. The van der Waals surface area contributed by atoms with E-state index in [1.165, 1.54) is 50.4 Å². The second-order valence-corrected chi connectivity index (χ2v) is 10.6. The van der Waals surface area contributed by atoms with Gasteiger partial charge in [0.1, 0.15) is 18.1 Å². The lowest BCUT2D eigenvalue weighted by Gasteiger charge is -2.37. The van der Waals surface area contributed by atoms with Crippen molar-refractivity contribution in [2.75, 3.05) is 49.0 Å². The molecule has 1 fully saturated rings. The number of halogens is 1. The first kappa shape index (κ1) is 26.9. The molecule has 10 nitrogen and oxygen atoms in total. The number of carbonyl (C=O) groups is 1. The van der Waals surface area contributed by atoms with Gasteiger partial charge in [-0.1, -0.05) is 6.07 Å². The fourth-order valence-corrected chi connectivity index (χ4v) is 5.66. The number of methoxy groups -OCH3 is 1. The van der Waals surface area contributed by atoms with Crippen molar-refractivity contribution in [3.63, 3.8) is 0 Å². The molecular weight excluding hydrogens is 515 g/mol. The van der Waals surface area contributed by atoms with Gasteiger partial charge >= 0.3 is 0 Å². The van der Waals surface area contributed by atoms with Crippen LogP contribution < -0.4 is 13.9 Å². The van der Waals surface area contributed by atoms with Gasteiger partial charge in [0.15, 0.2) is 0 Å². The van der Waals surface area contributed by atoms with E-state index in [1.54, 1.807) is 29.2 Å². The Morgan fingerprint density at radius 2 is 1.66 bits per heavy atom. The zero-order chi connectivity index (χ0) is 27.4. The molecule has 1 saturated heterocycles. The minimum absolute atomic E-state index is 0.215. The average molecular weight is 543 g/mol. The molecule has 0 N–H and O–H groups in total. The zero-order valence-electron chi connectivity index (χ0n) is 20.9. The molecule has 1 aliphatic rings. The van der Waals surface area contributed by atoms with Gasteiger partial charge in [-0.25, -0.2) is 12.8 Å². The number of hydrogen-bond acceptors (Lipinski definition) is 7. The number of carbonyl (C=O) groups excluding carboxylic acids is 1. The summed E-state index contributed by atoms with van der Waals surface area (Å²) in [5, 5.41) is 11.4. The van der Waals surface area contributed by atoms with Gasteiger partial charge in [0.2, 0.25) is 5.91 Å². The highest BCUT2D eigenvalue weighted by molar-refractivity contribution is 7.92. The van der Waals surface area contributed by atoms with Gasteiger partial charge in [0, 0.05) is 43.5 Å². The number of nitro groups is 1. The molecule has 12 heteroatoms. The fourth-order valence-electron chi connectivity index (χ4n) is 4.23. The maximum atomic E-state index is 13.7. The van der Waals surface area contributed by atoms with Crippen LogP contribution in [-0.2, 0) is 14.8 Å². The molecule has 3 aromatic carbocycles. The van der Waals surface area contributed by atoms with Crippen molar-refractivity contribution in [2.45, 2.75) is 11.8 Å². The number of aryl methyl sites for hydroxylation is 1. The van der Waals surface area contributed by atoms with Crippen molar-refractivity contribution < 1.29 is 27.3 Å². The molecule has 38 heavy (non-hydrogen) atoms. The molecule has 0 atom stereocenters. The lowest BCUT2D eigenvalue weighted by molar-refractivity contribution is -0.385. The van der Waals surface area contributed by atoms with Crippen molar-refractivity contribution in [3.8, 4) is 5.75 Å². The summed E-state index contributed by atoms with van der Waals surface area (Å²) in [6, 6.07) is 15.9. The van der Waals surface area contributed by atoms with Crippen molar-refractivity contribution in [1.29, 1.82) is 0 Å². The predicted octanol–water partition coefficient (Wildman–Crippen LogP) is 3.60. The SMILES string of the molecule is COc1ccc(N(CC(=O)N2CCN(c3ccc(F)cc3)CC2)S(=O)(=O)c2ccc(C)c([N+](=O)[O-])c2)cc1. The minimum Gasteiger partial charge on any atom is -0.497 e. The molecule has 0 unspecified atom stereocenters. The predicted molar refractivity (Wildman–Crippen MR) is 141 cm³/mol.